The van der Waals surface area contributed by atoms with E-state index in [0.29, 0.717) is 18.5 Å². The van der Waals surface area contributed by atoms with Crippen LogP contribution in [0.5, 0.6) is 0 Å². The number of carbonyl (C=O) groups excluding carboxylic acids is 1. The highest BCUT2D eigenvalue weighted by Crippen LogP contribution is 2.15. The van der Waals surface area contributed by atoms with E-state index < -0.39 is 0 Å². The van der Waals surface area contributed by atoms with Gasteiger partial charge in [-0.15, -0.1) is 10.2 Å². The fourth-order valence-corrected chi connectivity index (χ4v) is 2.55. The Bertz CT molecular complexity index is 784. The molecule has 0 spiro atoms. The number of amides is 1. The third-order valence-corrected chi connectivity index (χ3v) is 3.83. The van der Waals surface area contributed by atoms with Crippen LogP contribution in [0.2, 0.25) is 0 Å². The molecule has 2 aromatic heterocycles. The molecule has 0 aliphatic heterocycles. The summed E-state index contributed by atoms with van der Waals surface area (Å²) in [5.74, 6) is 0.731. The average molecular weight is 345 g/mol. The predicted octanol–water partition coefficient (Wildman–Crippen LogP) is 2.46. The molecule has 1 aromatic carbocycles. The van der Waals surface area contributed by atoms with Crippen LogP contribution in [0.1, 0.15) is 16.2 Å². The number of hydrogen-bond acceptors (Lipinski definition) is 3. The van der Waals surface area contributed by atoms with Gasteiger partial charge in [-0.3, -0.25) is 9.20 Å². The maximum atomic E-state index is 12.1. The van der Waals surface area contributed by atoms with Crippen molar-refractivity contribution < 1.29 is 4.79 Å². The molecule has 1 amide bonds. The standard InChI is InChI=1S/C15H13BrN4O/c16-12-6-2-1-5-11(12)15(21)17-9-8-14-19-18-13-7-3-4-10-20(13)14/h1-7,10H,8-9H2,(H,17,21). The van der Waals surface area contributed by atoms with Gasteiger partial charge in [-0.2, -0.15) is 0 Å². The molecule has 1 N–H and O–H groups in total. The second-order valence-corrected chi connectivity index (χ2v) is 5.39. The SMILES string of the molecule is O=C(NCCc1nnc2ccccn12)c1ccccc1Br. The fraction of sp³-hybridized carbons (Fsp3) is 0.133. The minimum atomic E-state index is -0.101. The third-order valence-electron chi connectivity index (χ3n) is 3.14. The molecule has 0 aliphatic carbocycles. The van der Waals surface area contributed by atoms with E-state index in [1.165, 1.54) is 0 Å². The van der Waals surface area contributed by atoms with Crippen molar-refractivity contribution in [3.63, 3.8) is 0 Å². The number of benzene rings is 1. The predicted molar refractivity (Wildman–Crippen MR) is 83.2 cm³/mol. The van der Waals surface area contributed by atoms with E-state index in [1.807, 2.05) is 47.0 Å². The Labute approximate surface area is 130 Å². The van der Waals surface area contributed by atoms with Gasteiger partial charge in [0.05, 0.1) is 5.56 Å². The molecular formula is C15H13BrN4O. The van der Waals surface area contributed by atoms with E-state index in [9.17, 15) is 4.79 Å². The van der Waals surface area contributed by atoms with Gasteiger partial charge in [0.1, 0.15) is 5.82 Å². The van der Waals surface area contributed by atoms with Gasteiger partial charge in [-0.1, -0.05) is 18.2 Å². The van der Waals surface area contributed by atoms with Crippen molar-refractivity contribution in [2.24, 2.45) is 0 Å². The molecule has 0 unspecified atom stereocenters. The van der Waals surface area contributed by atoms with Gasteiger partial charge >= 0.3 is 0 Å². The van der Waals surface area contributed by atoms with Gasteiger partial charge in [-0.05, 0) is 40.2 Å². The van der Waals surface area contributed by atoms with Crippen molar-refractivity contribution in [2.45, 2.75) is 6.42 Å². The number of aromatic nitrogens is 3. The molecule has 5 nitrogen and oxygen atoms in total. The van der Waals surface area contributed by atoms with Crippen LogP contribution in [-0.4, -0.2) is 27.0 Å². The molecule has 0 saturated heterocycles. The summed E-state index contributed by atoms with van der Waals surface area (Å²) < 4.78 is 2.71. The fourth-order valence-electron chi connectivity index (χ4n) is 2.09. The molecule has 3 aromatic rings. The summed E-state index contributed by atoms with van der Waals surface area (Å²) in [7, 11) is 0. The molecule has 106 valence electrons. The lowest BCUT2D eigenvalue weighted by Gasteiger charge is -2.06. The number of halogens is 1. The number of pyridine rings is 1. The second-order valence-electron chi connectivity index (χ2n) is 4.53. The van der Waals surface area contributed by atoms with Crippen molar-refractivity contribution in [2.75, 3.05) is 6.54 Å². The van der Waals surface area contributed by atoms with Crippen LogP contribution in [-0.2, 0) is 6.42 Å². The number of rotatable bonds is 4. The monoisotopic (exact) mass is 344 g/mol. The average Bonchev–Trinajstić information content (AvgIpc) is 2.91. The lowest BCUT2D eigenvalue weighted by Crippen LogP contribution is -2.26. The Balaban J connectivity index is 1.64. The summed E-state index contributed by atoms with van der Waals surface area (Å²) in [5.41, 5.74) is 1.44. The zero-order valence-electron chi connectivity index (χ0n) is 11.2. The number of hydrogen-bond donors (Lipinski definition) is 1. The van der Waals surface area contributed by atoms with E-state index in [1.54, 1.807) is 6.07 Å². The van der Waals surface area contributed by atoms with Crippen molar-refractivity contribution in [1.82, 2.24) is 19.9 Å². The molecule has 0 fully saturated rings. The molecule has 3 rings (SSSR count). The second kappa shape index (κ2) is 6.05. The minimum Gasteiger partial charge on any atom is -0.352 e. The minimum absolute atomic E-state index is 0.101. The molecular weight excluding hydrogens is 332 g/mol. The summed E-state index contributed by atoms with van der Waals surface area (Å²) in [4.78, 5) is 12.1. The Morgan fingerprint density at radius 2 is 1.95 bits per heavy atom. The van der Waals surface area contributed by atoms with Crippen LogP contribution >= 0.6 is 15.9 Å². The van der Waals surface area contributed by atoms with E-state index >= 15 is 0 Å². The number of nitrogens with one attached hydrogen (secondary N) is 1. The topological polar surface area (TPSA) is 59.3 Å². The van der Waals surface area contributed by atoms with E-state index in [0.717, 1.165) is 15.9 Å². The van der Waals surface area contributed by atoms with E-state index in [-0.39, 0.29) is 5.91 Å². The molecule has 0 bridgehead atoms. The van der Waals surface area contributed by atoms with Gasteiger partial charge in [0.25, 0.3) is 5.91 Å². The normalized spacial score (nSPS) is 10.7. The summed E-state index contributed by atoms with van der Waals surface area (Å²) in [6.45, 7) is 0.510. The van der Waals surface area contributed by atoms with Gasteiger partial charge in [0.15, 0.2) is 5.65 Å². The first kappa shape index (κ1) is 13.8. The molecule has 21 heavy (non-hydrogen) atoms. The largest absolute Gasteiger partial charge is 0.352 e. The molecule has 0 atom stereocenters. The zero-order valence-corrected chi connectivity index (χ0v) is 12.7. The van der Waals surface area contributed by atoms with Gasteiger partial charge in [0.2, 0.25) is 0 Å². The number of fused-ring (bicyclic) bond motifs is 1. The van der Waals surface area contributed by atoms with Crippen LogP contribution in [0, 0.1) is 0 Å². The van der Waals surface area contributed by atoms with Crippen molar-refractivity contribution in [3.8, 4) is 0 Å². The van der Waals surface area contributed by atoms with Crippen molar-refractivity contribution in [3.05, 3.63) is 64.5 Å². The quantitative estimate of drug-likeness (QED) is 0.790. The van der Waals surface area contributed by atoms with E-state index in [2.05, 4.69) is 31.4 Å². The van der Waals surface area contributed by atoms with Crippen molar-refractivity contribution >= 4 is 27.5 Å². The molecule has 0 radical (unpaired) electrons. The van der Waals surface area contributed by atoms with Crippen LogP contribution in [0.25, 0.3) is 5.65 Å². The third kappa shape index (κ3) is 2.95. The number of carbonyl (C=O) groups is 1. The highest BCUT2D eigenvalue weighted by Gasteiger charge is 2.09. The lowest BCUT2D eigenvalue weighted by atomic mass is 10.2. The highest BCUT2D eigenvalue weighted by atomic mass is 79.9. The summed E-state index contributed by atoms with van der Waals surface area (Å²) in [5, 5.41) is 11.1. The maximum Gasteiger partial charge on any atom is 0.252 e. The Morgan fingerprint density at radius 3 is 2.81 bits per heavy atom. The summed E-state index contributed by atoms with van der Waals surface area (Å²) >= 11 is 3.37. The van der Waals surface area contributed by atoms with E-state index in [4.69, 9.17) is 0 Å². The maximum absolute atomic E-state index is 12.1. The van der Waals surface area contributed by atoms with Gasteiger partial charge in [0, 0.05) is 23.6 Å². The first-order chi connectivity index (χ1) is 10.3. The van der Waals surface area contributed by atoms with Crippen LogP contribution in [0.3, 0.4) is 0 Å². The summed E-state index contributed by atoms with van der Waals surface area (Å²) in [6.07, 6.45) is 2.54. The Kier molecular flexibility index (Phi) is 3.96. The lowest BCUT2D eigenvalue weighted by molar-refractivity contribution is 0.0953. The highest BCUT2D eigenvalue weighted by molar-refractivity contribution is 9.10. The van der Waals surface area contributed by atoms with Gasteiger partial charge < -0.3 is 5.32 Å². The first-order valence-corrected chi connectivity index (χ1v) is 7.36. The smallest absolute Gasteiger partial charge is 0.252 e. The molecule has 0 saturated carbocycles. The number of nitrogens with zero attached hydrogens (tertiary/aromatic N) is 3. The Hall–Kier alpha value is -2.21. The molecule has 2 heterocycles. The van der Waals surface area contributed by atoms with Gasteiger partial charge in [-0.25, -0.2) is 0 Å². The molecule has 0 aliphatic rings. The molecule has 6 heteroatoms. The van der Waals surface area contributed by atoms with Crippen molar-refractivity contribution in [1.29, 1.82) is 0 Å². The van der Waals surface area contributed by atoms with Crippen LogP contribution in [0.4, 0.5) is 0 Å². The van der Waals surface area contributed by atoms with Crippen LogP contribution < -0.4 is 5.32 Å². The zero-order chi connectivity index (χ0) is 14.7. The van der Waals surface area contributed by atoms with Crippen LogP contribution in [0.15, 0.2) is 53.1 Å². The summed E-state index contributed by atoms with van der Waals surface area (Å²) in [6, 6.07) is 13.1. The first-order valence-electron chi connectivity index (χ1n) is 6.57. The Morgan fingerprint density at radius 1 is 1.14 bits per heavy atom.